The molecule has 4 N–H and O–H groups in total. The number of anilines is 2. The molecule has 0 aliphatic heterocycles. The van der Waals surface area contributed by atoms with Crippen molar-refractivity contribution in [3.8, 4) is 0 Å². The number of hydrogen-bond acceptors (Lipinski definition) is 6. The summed E-state index contributed by atoms with van der Waals surface area (Å²) >= 11 is 0. The molecule has 0 spiro atoms. The first kappa shape index (κ1) is 13.8. The third-order valence-electron chi connectivity index (χ3n) is 2.15. The number of nitrogen functional groups attached to an aromatic ring is 1. The Kier molecular flexibility index (Phi) is 4.91. The maximum Gasteiger partial charge on any atom is 0.340 e. The summed E-state index contributed by atoms with van der Waals surface area (Å²) in [5, 5.41) is 5.59. The van der Waals surface area contributed by atoms with Crippen molar-refractivity contribution in [3.05, 3.63) is 17.8 Å². The van der Waals surface area contributed by atoms with Crippen LogP contribution in [-0.4, -0.2) is 37.1 Å². The molecule has 0 aliphatic carbocycles. The number of hydrogen-bond donors (Lipinski definition) is 3. The fraction of sp³-hybridized carbons (Fsp3) is 0.364. The Bertz CT molecular complexity index is 448. The lowest BCUT2D eigenvalue weighted by Gasteiger charge is -2.08. The van der Waals surface area contributed by atoms with E-state index in [0.717, 1.165) is 0 Å². The molecule has 0 atom stereocenters. The number of aromatic nitrogens is 1. The van der Waals surface area contributed by atoms with Gasteiger partial charge in [0.2, 0.25) is 5.91 Å². The van der Waals surface area contributed by atoms with Crippen molar-refractivity contribution in [2.75, 3.05) is 31.2 Å². The molecule has 18 heavy (non-hydrogen) atoms. The monoisotopic (exact) mass is 252 g/mol. The smallest absolute Gasteiger partial charge is 0.340 e. The Balaban J connectivity index is 2.62. The standard InChI is InChI=1S/C11H16N4O3/c1-7(16)13-3-4-14-10-5-8(11(17)18-2)9(12)6-15-10/h5-6H,3-4,12H2,1-2H3,(H,13,16)(H,14,15). The van der Waals surface area contributed by atoms with Crippen LogP contribution < -0.4 is 16.4 Å². The van der Waals surface area contributed by atoms with Gasteiger partial charge in [-0.1, -0.05) is 0 Å². The SMILES string of the molecule is COC(=O)c1cc(NCCNC(C)=O)ncc1N. The number of carbonyl (C=O) groups is 2. The van der Waals surface area contributed by atoms with Crippen molar-refractivity contribution >= 4 is 23.4 Å². The first-order valence-corrected chi connectivity index (χ1v) is 5.36. The van der Waals surface area contributed by atoms with Gasteiger partial charge in [0.15, 0.2) is 0 Å². The first-order valence-electron chi connectivity index (χ1n) is 5.36. The molecule has 98 valence electrons. The summed E-state index contributed by atoms with van der Waals surface area (Å²) in [6.45, 7) is 2.41. The van der Waals surface area contributed by atoms with Crippen LogP contribution in [0.5, 0.6) is 0 Å². The largest absolute Gasteiger partial charge is 0.465 e. The molecule has 7 heteroatoms. The maximum atomic E-state index is 11.4. The molecule has 0 bridgehead atoms. The highest BCUT2D eigenvalue weighted by molar-refractivity contribution is 5.95. The van der Waals surface area contributed by atoms with Crippen molar-refractivity contribution in [2.24, 2.45) is 0 Å². The molecule has 1 aromatic heterocycles. The summed E-state index contributed by atoms with van der Waals surface area (Å²) in [6.07, 6.45) is 1.38. The van der Waals surface area contributed by atoms with E-state index in [1.165, 1.54) is 26.3 Å². The van der Waals surface area contributed by atoms with Gasteiger partial charge >= 0.3 is 5.97 Å². The second-order valence-electron chi connectivity index (χ2n) is 3.56. The zero-order chi connectivity index (χ0) is 13.5. The van der Waals surface area contributed by atoms with Gasteiger partial charge in [0.25, 0.3) is 0 Å². The summed E-state index contributed by atoms with van der Waals surface area (Å²) in [5.74, 6) is -0.118. The zero-order valence-electron chi connectivity index (χ0n) is 10.3. The van der Waals surface area contributed by atoms with Gasteiger partial charge in [0.05, 0.1) is 24.6 Å². The topological polar surface area (TPSA) is 106 Å². The highest BCUT2D eigenvalue weighted by atomic mass is 16.5. The molecular formula is C11H16N4O3. The zero-order valence-corrected chi connectivity index (χ0v) is 10.3. The number of nitrogens with two attached hydrogens (primary N) is 1. The molecule has 7 nitrogen and oxygen atoms in total. The van der Waals surface area contributed by atoms with Gasteiger partial charge in [-0.05, 0) is 6.07 Å². The fourth-order valence-corrected chi connectivity index (χ4v) is 1.28. The van der Waals surface area contributed by atoms with Gasteiger partial charge in [0.1, 0.15) is 5.82 Å². The van der Waals surface area contributed by atoms with Crippen molar-refractivity contribution in [2.45, 2.75) is 6.92 Å². The van der Waals surface area contributed by atoms with E-state index in [0.29, 0.717) is 18.9 Å². The molecule has 0 saturated carbocycles. The van der Waals surface area contributed by atoms with Gasteiger partial charge in [0, 0.05) is 20.0 Å². The van der Waals surface area contributed by atoms with Crippen LogP contribution in [0.2, 0.25) is 0 Å². The highest BCUT2D eigenvalue weighted by Crippen LogP contribution is 2.15. The number of methoxy groups -OCH3 is 1. The Morgan fingerprint density at radius 1 is 1.44 bits per heavy atom. The molecule has 1 rings (SSSR count). The Labute approximate surface area is 105 Å². The number of nitrogens with zero attached hydrogens (tertiary/aromatic N) is 1. The second kappa shape index (κ2) is 6.43. The van der Waals surface area contributed by atoms with Crippen LogP contribution in [-0.2, 0) is 9.53 Å². The highest BCUT2D eigenvalue weighted by Gasteiger charge is 2.11. The summed E-state index contributed by atoms with van der Waals surface area (Å²) in [7, 11) is 1.28. The fourth-order valence-electron chi connectivity index (χ4n) is 1.28. The Morgan fingerprint density at radius 2 is 2.17 bits per heavy atom. The van der Waals surface area contributed by atoms with Crippen LogP contribution in [0.3, 0.4) is 0 Å². The number of amides is 1. The first-order chi connectivity index (χ1) is 8.54. The lowest BCUT2D eigenvalue weighted by molar-refractivity contribution is -0.118. The van der Waals surface area contributed by atoms with E-state index in [2.05, 4.69) is 20.4 Å². The van der Waals surface area contributed by atoms with Gasteiger partial charge in [-0.3, -0.25) is 4.79 Å². The van der Waals surface area contributed by atoms with E-state index >= 15 is 0 Å². The molecule has 1 amide bonds. The van der Waals surface area contributed by atoms with Gasteiger partial charge in [-0.15, -0.1) is 0 Å². The van der Waals surface area contributed by atoms with Gasteiger partial charge < -0.3 is 21.1 Å². The number of pyridine rings is 1. The number of nitrogens with one attached hydrogen (secondary N) is 2. The minimum atomic E-state index is -0.514. The molecule has 1 aromatic rings. The normalized spacial score (nSPS) is 9.67. The van der Waals surface area contributed by atoms with Crippen molar-refractivity contribution in [1.82, 2.24) is 10.3 Å². The Morgan fingerprint density at radius 3 is 2.78 bits per heavy atom. The third-order valence-corrected chi connectivity index (χ3v) is 2.15. The predicted octanol–water partition coefficient (Wildman–Crippen LogP) is -0.00160. The number of rotatable bonds is 5. The van der Waals surface area contributed by atoms with E-state index in [-0.39, 0.29) is 17.2 Å². The summed E-state index contributed by atoms with van der Waals surface area (Å²) < 4.78 is 4.60. The predicted molar refractivity (Wildman–Crippen MR) is 67.2 cm³/mol. The average molecular weight is 252 g/mol. The minimum Gasteiger partial charge on any atom is -0.465 e. The van der Waals surface area contributed by atoms with Crippen LogP contribution >= 0.6 is 0 Å². The maximum absolute atomic E-state index is 11.4. The van der Waals surface area contributed by atoms with E-state index < -0.39 is 5.97 Å². The van der Waals surface area contributed by atoms with Crippen molar-refractivity contribution in [3.63, 3.8) is 0 Å². The van der Waals surface area contributed by atoms with Crippen LogP contribution in [0.4, 0.5) is 11.5 Å². The molecule has 0 saturated heterocycles. The van der Waals surface area contributed by atoms with E-state index in [4.69, 9.17) is 5.73 Å². The minimum absolute atomic E-state index is 0.0997. The van der Waals surface area contributed by atoms with Gasteiger partial charge in [-0.2, -0.15) is 0 Å². The summed E-state index contributed by atoms with van der Waals surface area (Å²) in [4.78, 5) is 26.1. The van der Waals surface area contributed by atoms with Crippen LogP contribution in [0, 0.1) is 0 Å². The van der Waals surface area contributed by atoms with Crippen molar-refractivity contribution < 1.29 is 14.3 Å². The van der Waals surface area contributed by atoms with Crippen LogP contribution in [0.15, 0.2) is 12.3 Å². The summed E-state index contributed by atoms with van der Waals surface area (Å²) in [6, 6.07) is 1.51. The molecule has 0 aliphatic rings. The molecule has 0 unspecified atom stereocenters. The molecule has 0 radical (unpaired) electrons. The number of esters is 1. The molecule has 0 aromatic carbocycles. The lowest BCUT2D eigenvalue weighted by Crippen LogP contribution is -2.26. The second-order valence-corrected chi connectivity index (χ2v) is 3.56. The lowest BCUT2D eigenvalue weighted by atomic mass is 10.2. The molecule has 0 fully saturated rings. The molecular weight excluding hydrogens is 236 g/mol. The third kappa shape index (κ3) is 3.93. The van der Waals surface area contributed by atoms with E-state index in [1.54, 1.807) is 0 Å². The van der Waals surface area contributed by atoms with Crippen LogP contribution in [0.25, 0.3) is 0 Å². The van der Waals surface area contributed by atoms with E-state index in [9.17, 15) is 9.59 Å². The van der Waals surface area contributed by atoms with Crippen LogP contribution in [0.1, 0.15) is 17.3 Å². The Hall–Kier alpha value is -2.31. The van der Waals surface area contributed by atoms with Crippen molar-refractivity contribution in [1.29, 1.82) is 0 Å². The number of ether oxygens (including phenoxy) is 1. The van der Waals surface area contributed by atoms with E-state index in [1.807, 2.05) is 0 Å². The average Bonchev–Trinajstić information content (AvgIpc) is 2.35. The van der Waals surface area contributed by atoms with Gasteiger partial charge in [-0.25, -0.2) is 9.78 Å². The quantitative estimate of drug-likeness (QED) is 0.503. The summed E-state index contributed by atoms with van der Waals surface area (Å²) in [5.41, 5.74) is 6.13. The molecule has 1 heterocycles. The number of carbonyl (C=O) groups excluding carboxylic acids is 2.